The summed E-state index contributed by atoms with van der Waals surface area (Å²) < 4.78 is 10.0. The first-order valence-electron chi connectivity index (χ1n) is 6.79. The first kappa shape index (κ1) is 17.1. The van der Waals surface area contributed by atoms with Crippen LogP contribution in [0.3, 0.4) is 0 Å². The maximum absolute atomic E-state index is 11.3. The van der Waals surface area contributed by atoms with Gasteiger partial charge in [-0.2, -0.15) is 0 Å². The number of methoxy groups -OCH3 is 1. The number of hydrogen-bond donors (Lipinski definition) is 0. The van der Waals surface area contributed by atoms with Crippen molar-refractivity contribution in [3.8, 4) is 5.75 Å². The lowest BCUT2D eigenvalue weighted by Crippen LogP contribution is -1.98. The predicted molar refractivity (Wildman–Crippen MR) is 97.2 cm³/mol. The summed E-state index contributed by atoms with van der Waals surface area (Å²) in [7, 11) is 1.50. The summed E-state index contributed by atoms with van der Waals surface area (Å²) >= 11 is 7.58. The van der Waals surface area contributed by atoms with Crippen LogP contribution in [0.15, 0.2) is 69.2 Å². The molecule has 0 amide bonds. The Morgan fingerprint density at radius 3 is 2.43 bits per heavy atom. The monoisotopic (exact) mass is 346 g/mol. The summed E-state index contributed by atoms with van der Waals surface area (Å²) in [6.45, 7) is 0. The van der Waals surface area contributed by atoms with Crippen LogP contribution in [0.5, 0.6) is 5.75 Å². The number of thiophene rings is 1. The highest BCUT2D eigenvalue weighted by atomic mass is 35.5. The molecule has 2 aromatic heterocycles. The van der Waals surface area contributed by atoms with Crippen LogP contribution >= 0.6 is 22.9 Å². The SMILES string of the molecule is COc1cc(C=CC=CC=CC=Cc2sccc2Cl)oc(=O)c1. The van der Waals surface area contributed by atoms with Crippen molar-refractivity contribution >= 4 is 35.1 Å². The van der Waals surface area contributed by atoms with Gasteiger partial charge in [0.2, 0.25) is 0 Å². The van der Waals surface area contributed by atoms with E-state index in [-0.39, 0.29) is 0 Å². The van der Waals surface area contributed by atoms with E-state index in [1.165, 1.54) is 13.2 Å². The summed E-state index contributed by atoms with van der Waals surface area (Å²) in [6.07, 6.45) is 14.9. The zero-order valence-electron chi connectivity index (χ0n) is 12.4. The second-order valence-electron chi connectivity index (χ2n) is 4.34. The van der Waals surface area contributed by atoms with Gasteiger partial charge in [0.15, 0.2) is 0 Å². The Morgan fingerprint density at radius 1 is 1.09 bits per heavy atom. The fourth-order valence-electron chi connectivity index (χ4n) is 1.65. The number of allylic oxidation sites excluding steroid dienone is 6. The van der Waals surface area contributed by atoms with E-state index in [0.29, 0.717) is 11.5 Å². The molecular formula is C18H15ClO3S. The van der Waals surface area contributed by atoms with E-state index in [2.05, 4.69) is 0 Å². The van der Waals surface area contributed by atoms with Crippen LogP contribution in [0.1, 0.15) is 10.6 Å². The smallest absolute Gasteiger partial charge is 0.339 e. The summed E-state index contributed by atoms with van der Waals surface area (Å²) in [6, 6.07) is 4.81. The summed E-state index contributed by atoms with van der Waals surface area (Å²) in [5.41, 5.74) is -0.440. The Hall–Kier alpha value is -2.30. The van der Waals surface area contributed by atoms with Gasteiger partial charge in [-0.05, 0) is 23.6 Å². The average Bonchev–Trinajstić information content (AvgIpc) is 2.94. The third kappa shape index (κ3) is 5.77. The molecule has 0 aliphatic heterocycles. The lowest BCUT2D eigenvalue weighted by Gasteiger charge is -1.97. The van der Waals surface area contributed by atoms with Crippen LogP contribution in [-0.2, 0) is 0 Å². The molecule has 0 unspecified atom stereocenters. The molecule has 0 radical (unpaired) electrons. The topological polar surface area (TPSA) is 39.4 Å². The fraction of sp³-hybridized carbons (Fsp3) is 0.0556. The molecule has 5 heteroatoms. The van der Waals surface area contributed by atoms with E-state index >= 15 is 0 Å². The molecule has 0 bridgehead atoms. The van der Waals surface area contributed by atoms with E-state index in [0.717, 1.165) is 9.90 Å². The van der Waals surface area contributed by atoms with Crippen LogP contribution in [0.4, 0.5) is 0 Å². The zero-order valence-corrected chi connectivity index (χ0v) is 14.0. The number of halogens is 1. The summed E-state index contributed by atoms with van der Waals surface area (Å²) in [5.74, 6) is 0.914. The molecule has 0 aliphatic rings. The molecule has 0 aliphatic carbocycles. The number of hydrogen-bond acceptors (Lipinski definition) is 4. The molecule has 0 spiro atoms. The lowest BCUT2D eigenvalue weighted by molar-refractivity contribution is 0.400. The van der Waals surface area contributed by atoms with Crippen LogP contribution in [0.25, 0.3) is 12.2 Å². The van der Waals surface area contributed by atoms with Gasteiger partial charge in [0.25, 0.3) is 0 Å². The molecule has 118 valence electrons. The molecule has 2 heterocycles. The van der Waals surface area contributed by atoms with Crippen molar-refractivity contribution in [2.75, 3.05) is 7.11 Å². The lowest BCUT2D eigenvalue weighted by atomic mass is 10.3. The van der Waals surface area contributed by atoms with E-state index in [1.807, 2.05) is 47.9 Å². The summed E-state index contributed by atoms with van der Waals surface area (Å²) in [5, 5.41) is 2.71. The first-order valence-corrected chi connectivity index (χ1v) is 8.05. The Balaban J connectivity index is 1.88. The Labute approximate surface area is 143 Å². The van der Waals surface area contributed by atoms with E-state index < -0.39 is 5.63 Å². The maximum atomic E-state index is 11.3. The number of ether oxygens (including phenoxy) is 1. The standard InChI is InChI=1S/C18H15ClO3S/c1-21-15-12-14(22-18(20)13-15)8-6-4-2-3-5-7-9-17-16(19)10-11-23-17/h2-13H,1H3. The third-order valence-electron chi connectivity index (χ3n) is 2.71. The molecule has 0 saturated heterocycles. The highest BCUT2D eigenvalue weighted by molar-refractivity contribution is 7.11. The van der Waals surface area contributed by atoms with Gasteiger partial charge in [-0.1, -0.05) is 48.1 Å². The van der Waals surface area contributed by atoms with Gasteiger partial charge >= 0.3 is 5.63 Å². The van der Waals surface area contributed by atoms with Crippen molar-refractivity contribution in [3.05, 3.63) is 86.1 Å². The Kier molecular flexibility index (Phi) is 6.66. The molecule has 0 N–H and O–H groups in total. The second kappa shape index (κ2) is 8.98. The molecule has 2 aromatic rings. The van der Waals surface area contributed by atoms with E-state index in [1.54, 1.807) is 29.6 Å². The van der Waals surface area contributed by atoms with Crippen LogP contribution in [-0.4, -0.2) is 7.11 Å². The molecule has 0 saturated carbocycles. The normalized spacial score (nSPS) is 12.3. The van der Waals surface area contributed by atoms with E-state index in [4.69, 9.17) is 20.8 Å². The van der Waals surface area contributed by atoms with Gasteiger partial charge in [-0.25, -0.2) is 4.79 Å². The molecule has 3 nitrogen and oxygen atoms in total. The van der Waals surface area contributed by atoms with Crippen molar-refractivity contribution in [3.63, 3.8) is 0 Å². The maximum Gasteiger partial charge on any atom is 0.339 e. The minimum atomic E-state index is -0.440. The molecular weight excluding hydrogens is 332 g/mol. The first-order chi connectivity index (χ1) is 11.2. The predicted octanol–water partition coefficient (Wildman–Crippen LogP) is 5.20. The molecule has 23 heavy (non-hydrogen) atoms. The zero-order chi connectivity index (χ0) is 16.5. The fourth-order valence-corrected chi connectivity index (χ4v) is 2.67. The van der Waals surface area contributed by atoms with E-state index in [9.17, 15) is 4.79 Å². The minimum Gasteiger partial charge on any atom is -0.496 e. The van der Waals surface area contributed by atoms with Gasteiger partial charge in [-0.3, -0.25) is 0 Å². The number of rotatable bonds is 6. The van der Waals surface area contributed by atoms with Gasteiger partial charge < -0.3 is 9.15 Å². The third-order valence-corrected chi connectivity index (χ3v) is 4.03. The van der Waals surface area contributed by atoms with Crippen molar-refractivity contribution in [2.24, 2.45) is 0 Å². The van der Waals surface area contributed by atoms with Crippen LogP contribution < -0.4 is 10.4 Å². The largest absolute Gasteiger partial charge is 0.496 e. The van der Waals surface area contributed by atoms with Gasteiger partial charge in [0.1, 0.15) is 11.5 Å². The average molecular weight is 347 g/mol. The molecule has 2 rings (SSSR count). The van der Waals surface area contributed by atoms with Gasteiger partial charge in [-0.15, -0.1) is 11.3 Å². The van der Waals surface area contributed by atoms with Crippen molar-refractivity contribution < 1.29 is 9.15 Å². The Morgan fingerprint density at radius 2 is 1.78 bits per heavy atom. The van der Waals surface area contributed by atoms with Crippen LogP contribution in [0, 0.1) is 0 Å². The molecule has 0 atom stereocenters. The van der Waals surface area contributed by atoms with Crippen LogP contribution in [0.2, 0.25) is 5.02 Å². The molecule has 0 aromatic carbocycles. The van der Waals surface area contributed by atoms with Gasteiger partial charge in [0, 0.05) is 10.9 Å². The summed E-state index contributed by atoms with van der Waals surface area (Å²) in [4.78, 5) is 12.3. The highest BCUT2D eigenvalue weighted by Crippen LogP contribution is 2.23. The van der Waals surface area contributed by atoms with Crippen molar-refractivity contribution in [1.82, 2.24) is 0 Å². The van der Waals surface area contributed by atoms with Crippen molar-refractivity contribution in [2.45, 2.75) is 0 Å². The molecule has 0 fully saturated rings. The quantitative estimate of drug-likeness (QED) is 0.674. The highest BCUT2D eigenvalue weighted by Gasteiger charge is 1.97. The minimum absolute atomic E-state index is 0.440. The second-order valence-corrected chi connectivity index (χ2v) is 5.69. The Bertz CT molecular complexity index is 810. The van der Waals surface area contributed by atoms with Gasteiger partial charge in [0.05, 0.1) is 18.2 Å². The van der Waals surface area contributed by atoms with Crippen molar-refractivity contribution in [1.29, 1.82) is 0 Å².